The van der Waals surface area contributed by atoms with E-state index in [1.54, 1.807) is 0 Å². The van der Waals surface area contributed by atoms with Gasteiger partial charge in [-0.2, -0.15) is 0 Å². The third-order valence-electron chi connectivity index (χ3n) is 6.33. The monoisotopic (exact) mass is 388 g/mol. The SMILES string of the molecule is CCCCCC1(C(O)C=CC2=C(CC=CCCCC(=O)O)C(=O)CC2)CCC1. The van der Waals surface area contributed by atoms with E-state index in [-0.39, 0.29) is 17.6 Å². The Labute approximate surface area is 169 Å². The number of unbranched alkanes of at least 4 members (excludes halogenated alkanes) is 3. The molecule has 4 heteroatoms. The largest absolute Gasteiger partial charge is 0.481 e. The van der Waals surface area contributed by atoms with Crippen LogP contribution < -0.4 is 0 Å². The van der Waals surface area contributed by atoms with Crippen LogP contribution >= 0.6 is 0 Å². The van der Waals surface area contributed by atoms with Gasteiger partial charge in [0, 0.05) is 18.4 Å². The van der Waals surface area contributed by atoms with Gasteiger partial charge in [-0.3, -0.25) is 9.59 Å². The minimum atomic E-state index is -0.771. The fraction of sp³-hybridized carbons (Fsp3) is 0.667. The zero-order valence-electron chi connectivity index (χ0n) is 17.3. The summed E-state index contributed by atoms with van der Waals surface area (Å²) in [6.07, 6.45) is 19.0. The highest BCUT2D eigenvalue weighted by Gasteiger charge is 2.41. The molecule has 0 aromatic carbocycles. The van der Waals surface area contributed by atoms with Gasteiger partial charge >= 0.3 is 5.97 Å². The second-order valence-corrected chi connectivity index (χ2v) is 8.37. The number of carbonyl (C=O) groups is 2. The number of Topliss-reactive ketones (excluding diaryl/α,β-unsaturated/α-hetero) is 1. The third-order valence-corrected chi connectivity index (χ3v) is 6.33. The van der Waals surface area contributed by atoms with Crippen LogP contribution in [0.4, 0.5) is 0 Å². The van der Waals surface area contributed by atoms with Gasteiger partial charge in [-0.15, -0.1) is 0 Å². The minimum absolute atomic E-state index is 0.0546. The molecule has 0 aromatic rings. The molecule has 4 nitrogen and oxygen atoms in total. The first-order valence-corrected chi connectivity index (χ1v) is 11.0. The van der Waals surface area contributed by atoms with Crippen molar-refractivity contribution in [3.63, 3.8) is 0 Å². The quantitative estimate of drug-likeness (QED) is 0.322. The molecule has 0 bridgehead atoms. The summed E-state index contributed by atoms with van der Waals surface area (Å²) in [5.41, 5.74) is 1.97. The Hall–Kier alpha value is -1.68. The van der Waals surface area contributed by atoms with Gasteiger partial charge < -0.3 is 10.2 Å². The summed E-state index contributed by atoms with van der Waals surface area (Å²) in [5.74, 6) is -0.572. The van der Waals surface area contributed by atoms with Gasteiger partial charge in [0.05, 0.1) is 6.10 Å². The molecule has 0 radical (unpaired) electrons. The van der Waals surface area contributed by atoms with Crippen molar-refractivity contribution in [2.45, 2.75) is 96.5 Å². The highest BCUT2D eigenvalue weighted by molar-refractivity contribution is 5.99. The Morgan fingerprint density at radius 3 is 2.61 bits per heavy atom. The van der Waals surface area contributed by atoms with Crippen LogP contribution in [0.3, 0.4) is 0 Å². The van der Waals surface area contributed by atoms with Crippen LogP contribution in [0.1, 0.15) is 90.4 Å². The Morgan fingerprint density at radius 2 is 1.96 bits per heavy atom. The van der Waals surface area contributed by atoms with Gasteiger partial charge in [-0.1, -0.05) is 56.9 Å². The predicted octanol–water partition coefficient (Wildman–Crippen LogP) is 5.51. The summed E-state index contributed by atoms with van der Waals surface area (Å²) >= 11 is 0. The van der Waals surface area contributed by atoms with Crippen molar-refractivity contribution < 1.29 is 19.8 Å². The van der Waals surface area contributed by atoms with Crippen LogP contribution in [0.2, 0.25) is 0 Å². The molecule has 2 rings (SSSR count). The molecule has 0 amide bonds. The highest BCUT2D eigenvalue weighted by atomic mass is 16.4. The molecule has 28 heavy (non-hydrogen) atoms. The van der Waals surface area contributed by atoms with E-state index in [0.29, 0.717) is 19.3 Å². The molecule has 156 valence electrons. The van der Waals surface area contributed by atoms with E-state index in [1.807, 2.05) is 24.3 Å². The van der Waals surface area contributed by atoms with Crippen LogP contribution in [0.15, 0.2) is 35.5 Å². The smallest absolute Gasteiger partial charge is 0.303 e. The number of aliphatic carboxylic acids is 1. The number of hydrogen-bond acceptors (Lipinski definition) is 3. The van der Waals surface area contributed by atoms with E-state index in [2.05, 4.69) is 6.92 Å². The molecule has 1 unspecified atom stereocenters. The van der Waals surface area contributed by atoms with Gasteiger partial charge in [-0.05, 0) is 55.9 Å². The third kappa shape index (κ3) is 6.44. The molecule has 2 aliphatic carbocycles. The Kier molecular flexibility index (Phi) is 9.17. The Bertz CT molecular complexity index is 623. The average Bonchev–Trinajstić information content (AvgIpc) is 2.98. The number of rotatable bonds is 13. The van der Waals surface area contributed by atoms with E-state index < -0.39 is 12.1 Å². The Balaban J connectivity index is 1.92. The molecule has 1 saturated carbocycles. The van der Waals surface area contributed by atoms with Crippen LogP contribution in [-0.2, 0) is 9.59 Å². The van der Waals surface area contributed by atoms with Crippen LogP contribution in [0.25, 0.3) is 0 Å². The summed E-state index contributed by atoms with van der Waals surface area (Å²) in [5, 5.41) is 19.4. The van der Waals surface area contributed by atoms with Gasteiger partial charge in [0.2, 0.25) is 0 Å². The number of carboxylic acids is 1. The number of aliphatic hydroxyl groups is 1. The van der Waals surface area contributed by atoms with Gasteiger partial charge in [-0.25, -0.2) is 0 Å². The standard InChI is InChI=1S/C24H36O4/c1-2-3-8-16-24(17-9-18-24)22(26)15-13-19-12-14-21(25)20(19)10-6-4-5-7-11-23(27)28/h4,6,13,15,22,26H,2-3,5,7-12,14,16-18H2,1H3,(H,27,28). The number of ketones is 1. The van der Waals surface area contributed by atoms with E-state index in [0.717, 1.165) is 43.3 Å². The van der Waals surface area contributed by atoms with E-state index >= 15 is 0 Å². The molecule has 2 aliphatic rings. The lowest BCUT2D eigenvalue weighted by molar-refractivity contribution is -0.137. The first-order valence-electron chi connectivity index (χ1n) is 11.0. The van der Waals surface area contributed by atoms with Crippen molar-refractivity contribution >= 4 is 11.8 Å². The second kappa shape index (κ2) is 11.4. The summed E-state index contributed by atoms with van der Waals surface area (Å²) in [7, 11) is 0. The summed E-state index contributed by atoms with van der Waals surface area (Å²) in [4.78, 5) is 22.7. The number of allylic oxidation sites excluding steroid dienone is 5. The number of carboxylic acid groups (broad SMARTS) is 1. The van der Waals surface area contributed by atoms with E-state index in [4.69, 9.17) is 5.11 Å². The lowest BCUT2D eigenvalue weighted by Crippen LogP contribution is -2.40. The Morgan fingerprint density at radius 1 is 1.18 bits per heavy atom. The van der Waals surface area contributed by atoms with Gasteiger partial charge in [0.15, 0.2) is 5.78 Å². The normalized spacial score (nSPS) is 20.3. The van der Waals surface area contributed by atoms with E-state index in [9.17, 15) is 14.7 Å². The van der Waals surface area contributed by atoms with Crippen molar-refractivity contribution in [2.75, 3.05) is 0 Å². The molecular formula is C24H36O4. The topological polar surface area (TPSA) is 74.6 Å². The lowest BCUT2D eigenvalue weighted by atomic mass is 9.62. The molecule has 0 heterocycles. The summed E-state index contributed by atoms with van der Waals surface area (Å²) < 4.78 is 0. The minimum Gasteiger partial charge on any atom is -0.481 e. The number of hydrogen-bond donors (Lipinski definition) is 2. The second-order valence-electron chi connectivity index (χ2n) is 8.37. The van der Waals surface area contributed by atoms with Gasteiger partial charge in [0.25, 0.3) is 0 Å². The molecule has 2 N–H and O–H groups in total. The van der Waals surface area contributed by atoms with E-state index in [1.165, 1.54) is 25.7 Å². The predicted molar refractivity (Wildman–Crippen MR) is 112 cm³/mol. The average molecular weight is 389 g/mol. The molecule has 0 aromatic heterocycles. The van der Waals surface area contributed by atoms with Crippen molar-refractivity contribution in [2.24, 2.45) is 5.41 Å². The maximum Gasteiger partial charge on any atom is 0.303 e. The summed E-state index contributed by atoms with van der Waals surface area (Å²) in [6.45, 7) is 2.20. The molecular weight excluding hydrogens is 352 g/mol. The fourth-order valence-corrected chi connectivity index (χ4v) is 4.31. The first-order chi connectivity index (χ1) is 13.5. The van der Waals surface area contributed by atoms with Crippen LogP contribution in [0, 0.1) is 5.41 Å². The van der Waals surface area contributed by atoms with Crippen molar-refractivity contribution in [1.82, 2.24) is 0 Å². The summed E-state index contributed by atoms with van der Waals surface area (Å²) in [6, 6.07) is 0. The van der Waals surface area contributed by atoms with Crippen molar-refractivity contribution in [3.8, 4) is 0 Å². The maximum atomic E-state index is 12.2. The molecule has 0 aliphatic heterocycles. The maximum absolute atomic E-state index is 12.2. The van der Waals surface area contributed by atoms with Gasteiger partial charge in [0.1, 0.15) is 0 Å². The van der Waals surface area contributed by atoms with Crippen molar-refractivity contribution in [1.29, 1.82) is 0 Å². The number of aliphatic hydroxyl groups excluding tert-OH is 1. The zero-order valence-corrected chi connectivity index (χ0v) is 17.3. The van der Waals surface area contributed by atoms with Crippen molar-refractivity contribution in [3.05, 3.63) is 35.5 Å². The highest BCUT2D eigenvalue weighted by Crippen LogP contribution is 2.48. The van der Waals surface area contributed by atoms with Crippen LogP contribution in [-0.4, -0.2) is 28.1 Å². The number of carbonyl (C=O) groups excluding carboxylic acids is 1. The lowest BCUT2D eigenvalue weighted by Gasteiger charge is -2.45. The molecule has 0 saturated heterocycles. The van der Waals surface area contributed by atoms with Crippen LogP contribution in [0.5, 0.6) is 0 Å². The zero-order chi connectivity index (χ0) is 20.4. The fourth-order valence-electron chi connectivity index (χ4n) is 4.31. The molecule has 1 fully saturated rings. The first kappa shape index (κ1) is 22.6. The molecule has 0 spiro atoms. The molecule has 1 atom stereocenters.